The van der Waals surface area contributed by atoms with E-state index >= 15 is 0 Å². The Bertz CT molecular complexity index is 464. The fraction of sp³-hybridized carbons (Fsp3) is 0.462. The number of carbonyl (C=O) groups excluding carboxylic acids is 1. The van der Waals surface area contributed by atoms with Crippen molar-refractivity contribution in [2.24, 2.45) is 5.92 Å². The van der Waals surface area contributed by atoms with Crippen molar-refractivity contribution in [3.8, 4) is 5.75 Å². The van der Waals surface area contributed by atoms with Crippen LogP contribution in [0, 0.1) is 5.92 Å². The molecule has 106 valence electrons. The molecule has 19 heavy (non-hydrogen) atoms. The van der Waals surface area contributed by atoms with E-state index in [2.05, 4.69) is 5.09 Å². The molecule has 1 N–H and O–H groups in total. The van der Waals surface area contributed by atoms with E-state index in [-0.39, 0.29) is 11.7 Å². The second kappa shape index (κ2) is 7.09. The molecule has 4 nitrogen and oxygen atoms in total. The van der Waals surface area contributed by atoms with E-state index < -0.39 is 12.9 Å². The Morgan fingerprint density at radius 3 is 2.42 bits per heavy atom. The van der Waals surface area contributed by atoms with Crippen LogP contribution in [-0.4, -0.2) is 11.8 Å². The van der Waals surface area contributed by atoms with Gasteiger partial charge in [0.1, 0.15) is 11.5 Å². The minimum atomic E-state index is -3.57. The third-order valence-corrected chi connectivity index (χ3v) is 4.05. The Labute approximate surface area is 118 Å². The van der Waals surface area contributed by atoms with Gasteiger partial charge in [-0.15, -0.1) is 0 Å². The van der Waals surface area contributed by atoms with E-state index in [9.17, 15) is 9.36 Å². The minimum Gasteiger partial charge on any atom is -0.422 e. The second-order valence-electron chi connectivity index (χ2n) is 4.80. The Kier molecular flexibility index (Phi) is 6.05. The average molecular weight is 304 g/mol. The van der Waals surface area contributed by atoms with Gasteiger partial charge in [-0.1, -0.05) is 32.0 Å². The zero-order chi connectivity index (χ0) is 14.5. The van der Waals surface area contributed by atoms with Gasteiger partial charge in [0.25, 0.3) is 0 Å². The standard InChI is InChI=1S/C13H19ClNO3P/c1-10(2)9-13(16)11(3)15-19(14,17)18-12-7-5-4-6-8-12/h4-8,10-11H,9H2,1-3H3,(H,15,17)/t11-,19?/m0/s1. The van der Waals surface area contributed by atoms with Crippen LogP contribution in [0.5, 0.6) is 5.75 Å². The van der Waals surface area contributed by atoms with E-state index in [0.717, 1.165) is 0 Å². The van der Waals surface area contributed by atoms with Gasteiger partial charge in [-0.05, 0) is 25.0 Å². The molecular formula is C13H19ClNO3P. The van der Waals surface area contributed by atoms with Crippen LogP contribution in [0.3, 0.4) is 0 Å². The minimum absolute atomic E-state index is 0.0347. The van der Waals surface area contributed by atoms with Crippen LogP contribution < -0.4 is 9.61 Å². The number of Topliss-reactive ketones (excluding diaryl/α,β-unsaturated/α-hetero) is 1. The zero-order valence-corrected chi connectivity index (χ0v) is 12.9. The molecule has 0 heterocycles. The summed E-state index contributed by atoms with van der Waals surface area (Å²) in [6, 6.07) is 8.01. The maximum Gasteiger partial charge on any atom is 0.409 e. The highest BCUT2D eigenvalue weighted by Crippen LogP contribution is 2.48. The SMILES string of the molecule is CC(C)CC(=O)[C@H](C)NP(=O)(Cl)Oc1ccccc1. The van der Waals surface area contributed by atoms with Crippen LogP contribution >= 0.6 is 18.1 Å². The lowest BCUT2D eigenvalue weighted by molar-refractivity contribution is -0.121. The molecule has 1 aromatic rings. The van der Waals surface area contributed by atoms with E-state index in [1.807, 2.05) is 19.9 Å². The maximum absolute atomic E-state index is 12.1. The first-order valence-corrected chi connectivity index (χ1v) is 8.68. The normalized spacial score (nSPS) is 15.8. The van der Waals surface area contributed by atoms with Crippen LogP contribution in [0.25, 0.3) is 0 Å². The molecule has 0 spiro atoms. The Morgan fingerprint density at radius 1 is 1.32 bits per heavy atom. The molecule has 0 aliphatic heterocycles. The molecule has 0 aromatic heterocycles. The highest BCUT2D eigenvalue weighted by atomic mass is 35.7. The van der Waals surface area contributed by atoms with Gasteiger partial charge in [0.2, 0.25) is 0 Å². The highest BCUT2D eigenvalue weighted by molar-refractivity contribution is 7.84. The molecule has 2 atom stereocenters. The van der Waals surface area contributed by atoms with Gasteiger partial charge in [0, 0.05) is 17.7 Å². The zero-order valence-electron chi connectivity index (χ0n) is 11.3. The molecule has 1 rings (SSSR count). The van der Waals surface area contributed by atoms with Crippen molar-refractivity contribution in [1.82, 2.24) is 5.09 Å². The summed E-state index contributed by atoms with van der Waals surface area (Å²) < 4.78 is 17.2. The molecule has 0 radical (unpaired) electrons. The lowest BCUT2D eigenvalue weighted by Gasteiger charge is -2.18. The first-order chi connectivity index (χ1) is 8.80. The van der Waals surface area contributed by atoms with Crippen molar-refractivity contribution < 1.29 is 13.9 Å². The Balaban J connectivity index is 2.59. The predicted octanol–water partition coefficient (Wildman–Crippen LogP) is 4.01. The summed E-state index contributed by atoms with van der Waals surface area (Å²) in [5, 5.41) is 2.56. The summed E-state index contributed by atoms with van der Waals surface area (Å²) >= 11 is 5.82. The number of ketones is 1. The van der Waals surface area contributed by atoms with Gasteiger partial charge < -0.3 is 4.52 Å². The van der Waals surface area contributed by atoms with Crippen LogP contribution in [-0.2, 0) is 9.36 Å². The van der Waals surface area contributed by atoms with Gasteiger partial charge in [-0.3, -0.25) is 4.79 Å². The summed E-state index contributed by atoms with van der Waals surface area (Å²) in [4.78, 5) is 11.8. The van der Waals surface area contributed by atoms with Crippen molar-refractivity contribution in [3.63, 3.8) is 0 Å². The number of hydrogen-bond acceptors (Lipinski definition) is 3. The van der Waals surface area contributed by atoms with E-state index in [4.69, 9.17) is 15.8 Å². The summed E-state index contributed by atoms with van der Waals surface area (Å²) in [6.07, 6.45) is 0.413. The lowest BCUT2D eigenvalue weighted by atomic mass is 10.0. The quantitative estimate of drug-likeness (QED) is 0.773. The first kappa shape index (κ1) is 16.2. The van der Waals surface area contributed by atoms with E-state index in [1.54, 1.807) is 31.2 Å². The van der Waals surface area contributed by atoms with Gasteiger partial charge in [-0.2, -0.15) is 0 Å². The molecule has 1 unspecified atom stereocenters. The average Bonchev–Trinajstić information content (AvgIpc) is 2.27. The fourth-order valence-electron chi connectivity index (χ4n) is 1.53. The van der Waals surface area contributed by atoms with Crippen LogP contribution in [0.2, 0.25) is 0 Å². The van der Waals surface area contributed by atoms with Crippen molar-refractivity contribution in [2.45, 2.75) is 33.2 Å². The lowest BCUT2D eigenvalue weighted by Crippen LogP contribution is -2.32. The number of hydrogen-bond donors (Lipinski definition) is 1. The Morgan fingerprint density at radius 2 is 1.89 bits per heavy atom. The molecule has 0 bridgehead atoms. The van der Waals surface area contributed by atoms with Gasteiger partial charge in [0.05, 0.1) is 6.04 Å². The van der Waals surface area contributed by atoms with E-state index in [0.29, 0.717) is 12.2 Å². The number of benzene rings is 1. The molecule has 0 saturated carbocycles. The van der Waals surface area contributed by atoms with Crippen molar-refractivity contribution in [3.05, 3.63) is 30.3 Å². The van der Waals surface area contributed by atoms with E-state index in [1.165, 1.54) is 0 Å². The molecule has 1 aromatic carbocycles. The van der Waals surface area contributed by atoms with Gasteiger partial charge >= 0.3 is 6.87 Å². The fourth-order valence-corrected chi connectivity index (χ4v) is 3.26. The van der Waals surface area contributed by atoms with Gasteiger partial charge in [0.15, 0.2) is 0 Å². The number of halogens is 1. The predicted molar refractivity (Wildman–Crippen MR) is 77.6 cm³/mol. The van der Waals surface area contributed by atoms with Crippen LogP contribution in [0.4, 0.5) is 0 Å². The summed E-state index contributed by atoms with van der Waals surface area (Å²) in [6.45, 7) is 1.97. The van der Waals surface area contributed by atoms with Gasteiger partial charge in [-0.25, -0.2) is 9.65 Å². The van der Waals surface area contributed by atoms with Crippen molar-refractivity contribution in [2.75, 3.05) is 0 Å². The monoisotopic (exact) mass is 303 g/mol. The van der Waals surface area contributed by atoms with Crippen LogP contribution in [0.15, 0.2) is 30.3 Å². The number of para-hydroxylation sites is 1. The van der Waals surface area contributed by atoms with Crippen molar-refractivity contribution >= 4 is 23.9 Å². The third-order valence-electron chi connectivity index (χ3n) is 2.41. The number of carbonyl (C=O) groups is 1. The summed E-state index contributed by atoms with van der Waals surface area (Å²) in [5.41, 5.74) is 0. The molecule has 6 heteroatoms. The smallest absolute Gasteiger partial charge is 0.409 e. The molecule has 0 amide bonds. The first-order valence-electron chi connectivity index (χ1n) is 6.15. The van der Waals surface area contributed by atoms with Crippen LogP contribution in [0.1, 0.15) is 27.2 Å². The van der Waals surface area contributed by atoms with Crippen molar-refractivity contribution in [1.29, 1.82) is 0 Å². The molecular weight excluding hydrogens is 285 g/mol. The third kappa shape index (κ3) is 6.24. The molecule has 0 saturated heterocycles. The Hall–Kier alpha value is -0.830. The summed E-state index contributed by atoms with van der Waals surface area (Å²) in [7, 11) is 0. The maximum atomic E-state index is 12.1. The number of rotatable bonds is 7. The largest absolute Gasteiger partial charge is 0.422 e. The number of nitrogens with one attached hydrogen (secondary N) is 1. The molecule has 0 aliphatic carbocycles. The highest BCUT2D eigenvalue weighted by Gasteiger charge is 2.27. The molecule has 0 aliphatic rings. The molecule has 0 fully saturated rings. The second-order valence-corrected chi connectivity index (χ2v) is 7.53. The topological polar surface area (TPSA) is 55.4 Å². The summed E-state index contributed by atoms with van der Waals surface area (Å²) in [5.74, 6) is 0.617.